The Morgan fingerprint density at radius 1 is 1.35 bits per heavy atom. The molecule has 7 heteroatoms. The molecule has 1 N–H and O–H groups in total. The summed E-state index contributed by atoms with van der Waals surface area (Å²) in [6, 6.07) is 0. The van der Waals surface area contributed by atoms with Crippen molar-refractivity contribution in [2.75, 3.05) is 26.9 Å². The molecular weight excluding hydrogens is 280 g/mol. The lowest BCUT2D eigenvalue weighted by molar-refractivity contribution is 0.0526. The number of unbranched alkanes of at least 4 members (excludes halogenated alkanes) is 2. The Morgan fingerprint density at radius 2 is 2.15 bits per heavy atom. The van der Waals surface area contributed by atoms with Crippen LogP contribution in [0.5, 0.6) is 0 Å². The molecule has 0 radical (unpaired) electrons. The van der Waals surface area contributed by atoms with Gasteiger partial charge in [-0.2, -0.15) is 0 Å². The van der Waals surface area contributed by atoms with Gasteiger partial charge in [0.2, 0.25) is 5.01 Å². The molecule has 0 aromatic carbocycles. The van der Waals surface area contributed by atoms with Gasteiger partial charge in [-0.3, -0.25) is 4.79 Å². The third-order valence-electron chi connectivity index (χ3n) is 2.50. The number of thiazole rings is 1. The molecule has 0 atom stereocenters. The lowest BCUT2D eigenvalue weighted by Crippen LogP contribution is -2.25. The van der Waals surface area contributed by atoms with Crippen LogP contribution in [-0.4, -0.2) is 43.7 Å². The van der Waals surface area contributed by atoms with E-state index in [1.165, 1.54) is 0 Å². The van der Waals surface area contributed by atoms with E-state index in [4.69, 9.17) is 9.47 Å². The van der Waals surface area contributed by atoms with Crippen molar-refractivity contribution < 1.29 is 19.1 Å². The zero-order chi connectivity index (χ0) is 14.8. The van der Waals surface area contributed by atoms with Crippen molar-refractivity contribution in [1.29, 1.82) is 0 Å². The second-order valence-electron chi connectivity index (χ2n) is 4.07. The van der Waals surface area contributed by atoms with Crippen molar-refractivity contribution in [1.82, 2.24) is 10.3 Å². The maximum Gasteiger partial charge on any atom is 0.367 e. The number of ether oxygens (including phenoxy) is 2. The number of carbonyl (C=O) groups is 2. The predicted molar refractivity (Wildman–Crippen MR) is 76.1 cm³/mol. The molecule has 0 aliphatic rings. The van der Waals surface area contributed by atoms with Crippen molar-refractivity contribution in [3.63, 3.8) is 0 Å². The summed E-state index contributed by atoms with van der Waals surface area (Å²) in [5.74, 6) is -0.750. The van der Waals surface area contributed by atoms with Crippen LogP contribution >= 0.6 is 11.3 Å². The zero-order valence-electron chi connectivity index (χ0n) is 11.8. The first-order valence-electron chi connectivity index (χ1n) is 6.58. The van der Waals surface area contributed by atoms with Crippen LogP contribution in [0.2, 0.25) is 0 Å². The highest BCUT2D eigenvalue weighted by molar-refractivity contribution is 7.11. The van der Waals surface area contributed by atoms with E-state index in [1.54, 1.807) is 19.4 Å². The number of amides is 1. The summed E-state index contributed by atoms with van der Waals surface area (Å²) in [7, 11) is 1.67. The van der Waals surface area contributed by atoms with E-state index in [0.717, 1.165) is 37.2 Å². The number of rotatable bonds is 9. The lowest BCUT2D eigenvalue weighted by Gasteiger charge is -2.03. The monoisotopic (exact) mass is 300 g/mol. The normalized spacial score (nSPS) is 10.3. The maximum atomic E-state index is 11.8. The van der Waals surface area contributed by atoms with Gasteiger partial charge in [0.1, 0.15) is 5.69 Å². The molecule has 6 nitrogen and oxygen atoms in total. The molecule has 0 bridgehead atoms. The first-order chi connectivity index (χ1) is 9.69. The number of nitrogens with zero attached hydrogens (tertiary/aromatic N) is 1. The molecule has 1 heterocycles. The van der Waals surface area contributed by atoms with Gasteiger partial charge in [0.25, 0.3) is 5.91 Å². The predicted octanol–water partition coefficient (Wildman–Crippen LogP) is 1.87. The summed E-state index contributed by atoms with van der Waals surface area (Å²) in [6.07, 6.45) is 2.87. The van der Waals surface area contributed by atoms with Gasteiger partial charge in [-0.1, -0.05) is 0 Å². The van der Waals surface area contributed by atoms with Crippen molar-refractivity contribution in [3.05, 3.63) is 16.1 Å². The molecule has 112 valence electrons. The largest absolute Gasteiger partial charge is 0.461 e. The lowest BCUT2D eigenvalue weighted by atomic mass is 10.2. The number of methoxy groups -OCH3 is 1. The van der Waals surface area contributed by atoms with Gasteiger partial charge < -0.3 is 14.8 Å². The Kier molecular flexibility index (Phi) is 7.82. The molecule has 1 rings (SSSR count). The van der Waals surface area contributed by atoms with Crippen LogP contribution in [0.1, 0.15) is 46.5 Å². The summed E-state index contributed by atoms with van der Waals surface area (Å²) in [6.45, 7) is 3.35. The number of hydrogen-bond acceptors (Lipinski definition) is 6. The summed E-state index contributed by atoms with van der Waals surface area (Å²) < 4.78 is 9.77. The summed E-state index contributed by atoms with van der Waals surface area (Å²) >= 11 is 1.11. The van der Waals surface area contributed by atoms with E-state index >= 15 is 0 Å². The van der Waals surface area contributed by atoms with E-state index in [2.05, 4.69) is 10.3 Å². The van der Waals surface area contributed by atoms with Gasteiger partial charge in [-0.25, -0.2) is 9.78 Å². The summed E-state index contributed by atoms with van der Waals surface area (Å²) in [5.41, 5.74) is 0.259. The first-order valence-corrected chi connectivity index (χ1v) is 7.46. The van der Waals surface area contributed by atoms with Crippen LogP contribution < -0.4 is 5.32 Å². The average molecular weight is 300 g/mol. The number of aromatic nitrogens is 1. The number of hydrogen-bond donors (Lipinski definition) is 1. The number of nitrogens with one attached hydrogen (secondary N) is 1. The topological polar surface area (TPSA) is 77.5 Å². The molecule has 1 aromatic heterocycles. The molecule has 1 amide bonds. The van der Waals surface area contributed by atoms with Crippen molar-refractivity contribution in [2.24, 2.45) is 0 Å². The second-order valence-corrected chi connectivity index (χ2v) is 4.93. The first kappa shape index (κ1) is 16.6. The van der Waals surface area contributed by atoms with Gasteiger partial charge in [-0.05, 0) is 26.2 Å². The quantitative estimate of drug-likeness (QED) is 0.556. The Morgan fingerprint density at radius 3 is 2.85 bits per heavy atom. The fourth-order valence-corrected chi connectivity index (χ4v) is 2.19. The Labute approximate surface area is 122 Å². The summed E-state index contributed by atoms with van der Waals surface area (Å²) in [4.78, 5) is 27.2. The van der Waals surface area contributed by atoms with Gasteiger partial charge in [0.05, 0.1) is 6.61 Å². The van der Waals surface area contributed by atoms with Crippen molar-refractivity contribution in [3.8, 4) is 0 Å². The maximum absolute atomic E-state index is 11.8. The van der Waals surface area contributed by atoms with Crippen LogP contribution in [-0.2, 0) is 9.47 Å². The number of esters is 1. The van der Waals surface area contributed by atoms with Crippen LogP contribution in [0.25, 0.3) is 0 Å². The van der Waals surface area contributed by atoms with E-state index in [-0.39, 0.29) is 16.6 Å². The minimum Gasteiger partial charge on any atom is -0.461 e. The molecule has 0 saturated heterocycles. The molecule has 0 fully saturated rings. The van der Waals surface area contributed by atoms with Crippen LogP contribution in [0, 0.1) is 0 Å². The third-order valence-corrected chi connectivity index (χ3v) is 3.32. The van der Waals surface area contributed by atoms with Crippen molar-refractivity contribution in [2.45, 2.75) is 26.2 Å². The standard InChI is InChI=1S/C13H20N2O4S/c1-3-19-13(17)12-15-10(9-20-12)11(16)14-7-5-4-6-8-18-2/h9H,3-8H2,1-2H3,(H,14,16). The highest BCUT2D eigenvalue weighted by atomic mass is 32.1. The van der Waals surface area contributed by atoms with E-state index < -0.39 is 5.97 Å². The average Bonchev–Trinajstić information content (AvgIpc) is 2.92. The van der Waals surface area contributed by atoms with Gasteiger partial charge in [0.15, 0.2) is 0 Å². The van der Waals surface area contributed by atoms with E-state index in [0.29, 0.717) is 13.2 Å². The molecular formula is C13H20N2O4S. The summed E-state index contributed by atoms with van der Waals surface area (Å²) in [5, 5.41) is 4.54. The number of carbonyl (C=O) groups excluding carboxylic acids is 2. The zero-order valence-corrected chi connectivity index (χ0v) is 12.6. The fourth-order valence-electron chi connectivity index (χ4n) is 1.51. The Hall–Kier alpha value is -1.47. The van der Waals surface area contributed by atoms with Crippen molar-refractivity contribution >= 4 is 23.2 Å². The smallest absolute Gasteiger partial charge is 0.367 e. The minimum absolute atomic E-state index is 0.206. The van der Waals surface area contributed by atoms with Crippen LogP contribution in [0.4, 0.5) is 0 Å². The molecule has 0 aliphatic heterocycles. The Bertz CT molecular complexity index is 434. The Balaban J connectivity index is 2.31. The molecule has 0 spiro atoms. The van der Waals surface area contributed by atoms with Gasteiger partial charge in [-0.15, -0.1) is 11.3 Å². The molecule has 1 aromatic rings. The third kappa shape index (κ3) is 5.66. The van der Waals surface area contributed by atoms with Crippen LogP contribution in [0.3, 0.4) is 0 Å². The van der Waals surface area contributed by atoms with E-state index in [1.807, 2.05) is 0 Å². The molecule has 0 unspecified atom stereocenters. The van der Waals surface area contributed by atoms with Gasteiger partial charge in [0, 0.05) is 25.6 Å². The highest BCUT2D eigenvalue weighted by Crippen LogP contribution is 2.11. The van der Waals surface area contributed by atoms with Crippen LogP contribution in [0.15, 0.2) is 5.38 Å². The molecule has 20 heavy (non-hydrogen) atoms. The molecule has 0 aliphatic carbocycles. The fraction of sp³-hybridized carbons (Fsp3) is 0.615. The van der Waals surface area contributed by atoms with Gasteiger partial charge >= 0.3 is 5.97 Å². The minimum atomic E-state index is -0.490. The molecule has 0 saturated carbocycles. The SMILES string of the molecule is CCOC(=O)c1nc(C(=O)NCCCCCOC)cs1. The second kappa shape index (κ2) is 9.44. The van der Waals surface area contributed by atoms with E-state index in [9.17, 15) is 9.59 Å². The highest BCUT2D eigenvalue weighted by Gasteiger charge is 2.15.